The zero-order valence-electron chi connectivity index (χ0n) is 11.2. The van der Waals surface area contributed by atoms with Crippen molar-refractivity contribution in [2.24, 2.45) is 0 Å². The van der Waals surface area contributed by atoms with E-state index in [2.05, 4.69) is 10.2 Å². The summed E-state index contributed by atoms with van der Waals surface area (Å²) in [4.78, 5) is 11.4. The second kappa shape index (κ2) is 5.74. The van der Waals surface area contributed by atoms with Gasteiger partial charge >= 0.3 is 5.97 Å². The molecule has 2 unspecified atom stereocenters. The maximum atomic E-state index is 12.7. The molecule has 112 valence electrons. The van der Waals surface area contributed by atoms with Crippen LogP contribution in [0.5, 0.6) is 0 Å². The number of carbonyl (C=O) groups is 1. The number of aryl methyl sites for hydroxylation is 1. The first kappa shape index (κ1) is 15.3. The molecule has 0 radical (unpaired) electrons. The van der Waals surface area contributed by atoms with Gasteiger partial charge in [0.15, 0.2) is 0 Å². The standard InChI is InChI=1S/C11H17N3O4S2/c1-3-4-10-14(8(6-19-10)11(15)16)20(17,18)9-5-12-13-7(9)2/h5,8,10H,3-4,6H2,1-2H3,(H,12,13)(H,15,16). The van der Waals surface area contributed by atoms with Gasteiger partial charge in [-0.25, -0.2) is 8.42 Å². The van der Waals surface area contributed by atoms with E-state index in [0.29, 0.717) is 12.1 Å². The number of carboxylic acid groups (broad SMARTS) is 1. The van der Waals surface area contributed by atoms with Gasteiger partial charge in [-0.3, -0.25) is 9.89 Å². The highest BCUT2D eigenvalue weighted by atomic mass is 32.2. The van der Waals surface area contributed by atoms with Crippen LogP contribution < -0.4 is 0 Å². The summed E-state index contributed by atoms with van der Waals surface area (Å²) in [7, 11) is -3.85. The zero-order valence-corrected chi connectivity index (χ0v) is 12.9. The van der Waals surface area contributed by atoms with Crippen molar-refractivity contribution in [2.45, 2.75) is 43.0 Å². The smallest absolute Gasteiger partial charge is 0.322 e. The van der Waals surface area contributed by atoms with E-state index in [9.17, 15) is 18.3 Å². The van der Waals surface area contributed by atoms with E-state index >= 15 is 0 Å². The molecule has 2 heterocycles. The number of thioether (sulfide) groups is 1. The molecule has 0 spiro atoms. The van der Waals surface area contributed by atoms with Crippen molar-refractivity contribution in [1.82, 2.24) is 14.5 Å². The van der Waals surface area contributed by atoms with Crippen LogP contribution >= 0.6 is 11.8 Å². The van der Waals surface area contributed by atoms with Crippen molar-refractivity contribution in [3.63, 3.8) is 0 Å². The molecular weight excluding hydrogens is 302 g/mol. The van der Waals surface area contributed by atoms with E-state index in [1.165, 1.54) is 18.0 Å². The van der Waals surface area contributed by atoms with Crippen molar-refractivity contribution in [3.05, 3.63) is 11.9 Å². The van der Waals surface area contributed by atoms with Crippen molar-refractivity contribution in [1.29, 1.82) is 0 Å². The van der Waals surface area contributed by atoms with Crippen LogP contribution in [-0.4, -0.2) is 51.2 Å². The number of aliphatic carboxylic acids is 1. The Balaban J connectivity index is 2.44. The van der Waals surface area contributed by atoms with Gasteiger partial charge in [-0.2, -0.15) is 9.40 Å². The molecule has 1 fully saturated rings. The lowest BCUT2D eigenvalue weighted by Crippen LogP contribution is -2.45. The second-order valence-electron chi connectivity index (χ2n) is 4.62. The Morgan fingerprint density at radius 1 is 1.65 bits per heavy atom. The van der Waals surface area contributed by atoms with Crippen LogP contribution in [0.3, 0.4) is 0 Å². The number of nitrogens with zero attached hydrogens (tertiary/aromatic N) is 2. The Morgan fingerprint density at radius 2 is 2.35 bits per heavy atom. The number of sulfonamides is 1. The van der Waals surface area contributed by atoms with Gasteiger partial charge < -0.3 is 5.11 Å². The van der Waals surface area contributed by atoms with E-state index < -0.39 is 22.0 Å². The quantitative estimate of drug-likeness (QED) is 0.840. The Kier molecular flexibility index (Phi) is 4.40. The Hall–Kier alpha value is -1.06. The normalized spacial score (nSPS) is 24.1. The van der Waals surface area contributed by atoms with Crippen molar-refractivity contribution >= 4 is 27.8 Å². The summed E-state index contributed by atoms with van der Waals surface area (Å²) in [5.41, 5.74) is 0.418. The van der Waals surface area contributed by atoms with Crippen molar-refractivity contribution in [3.8, 4) is 0 Å². The third kappa shape index (κ3) is 2.57. The molecule has 9 heteroatoms. The molecule has 0 amide bonds. The summed E-state index contributed by atoms with van der Waals surface area (Å²) in [5.74, 6) is -0.836. The van der Waals surface area contributed by atoms with Gasteiger partial charge in [-0.15, -0.1) is 11.8 Å². The first-order valence-corrected chi connectivity index (χ1v) is 8.76. The zero-order chi connectivity index (χ0) is 14.9. The minimum absolute atomic E-state index is 0.0485. The Bertz CT molecular complexity index is 599. The fourth-order valence-electron chi connectivity index (χ4n) is 2.22. The molecule has 1 aromatic rings. The predicted octanol–water partition coefficient (Wildman–Crippen LogP) is 1.04. The van der Waals surface area contributed by atoms with Crippen LogP contribution in [-0.2, 0) is 14.8 Å². The highest BCUT2D eigenvalue weighted by Crippen LogP contribution is 2.37. The van der Waals surface area contributed by atoms with Crippen LogP contribution in [0.2, 0.25) is 0 Å². The number of carboxylic acids is 1. The fourth-order valence-corrected chi connectivity index (χ4v) is 6.00. The molecule has 7 nitrogen and oxygen atoms in total. The van der Waals surface area contributed by atoms with Gasteiger partial charge in [0.1, 0.15) is 10.9 Å². The number of hydrogen-bond acceptors (Lipinski definition) is 5. The Labute approximate surface area is 121 Å². The van der Waals surface area contributed by atoms with Gasteiger partial charge in [0.05, 0.1) is 17.3 Å². The highest BCUT2D eigenvalue weighted by molar-refractivity contribution is 8.01. The summed E-state index contributed by atoms with van der Waals surface area (Å²) >= 11 is 1.38. The maximum absolute atomic E-state index is 12.7. The number of nitrogens with one attached hydrogen (secondary N) is 1. The van der Waals surface area contributed by atoms with E-state index in [0.717, 1.165) is 10.7 Å². The lowest BCUT2D eigenvalue weighted by Gasteiger charge is -2.25. The van der Waals surface area contributed by atoms with Crippen LogP contribution in [0.15, 0.2) is 11.1 Å². The summed E-state index contributed by atoms with van der Waals surface area (Å²) in [6.45, 7) is 3.55. The van der Waals surface area contributed by atoms with Gasteiger partial charge in [0, 0.05) is 5.75 Å². The first-order chi connectivity index (χ1) is 9.39. The number of H-pyrrole nitrogens is 1. The lowest BCUT2D eigenvalue weighted by atomic mass is 10.3. The largest absolute Gasteiger partial charge is 0.480 e. The van der Waals surface area contributed by atoms with Gasteiger partial charge in [0.2, 0.25) is 10.0 Å². The summed E-state index contributed by atoms with van der Waals surface area (Å²) in [6, 6.07) is -1.02. The summed E-state index contributed by atoms with van der Waals surface area (Å²) < 4.78 is 26.5. The Morgan fingerprint density at radius 3 is 2.85 bits per heavy atom. The molecule has 1 aliphatic rings. The summed E-state index contributed by atoms with van der Waals surface area (Å²) in [5, 5.41) is 15.2. The molecule has 0 saturated carbocycles. The molecule has 2 rings (SSSR count). The molecule has 0 bridgehead atoms. The molecule has 2 N–H and O–H groups in total. The first-order valence-electron chi connectivity index (χ1n) is 6.27. The highest BCUT2D eigenvalue weighted by Gasteiger charge is 2.46. The molecule has 20 heavy (non-hydrogen) atoms. The minimum atomic E-state index is -3.85. The second-order valence-corrected chi connectivity index (χ2v) is 7.65. The van der Waals surface area contributed by atoms with Crippen molar-refractivity contribution < 1.29 is 18.3 Å². The average Bonchev–Trinajstić information content (AvgIpc) is 2.96. The predicted molar refractivity (Wildman–Crippen MR) is 74.9 cm³/mol. The van der Waals surface area contributed by atoms with E-state index in [1.807, 2.05) is 6.92 Å². The van der Waals surface area contributed by atoms with E-state index in [-0.39, 0.29) is 16.0 Å². The average molecular weight is 319 g/mol. The van der Waals surface area contributed by atoms with Crippen LogP contribution in [0.4, 0.5) is 0 Å². The molecule has 0 aliphatic carbocycles. The van der Waals surface area contributed by atoms with Gasteiger partial charge in [-0.1, -0.05) is 13.3 Å². The monoisotopic (exact) mass is 319 g/mol. The van der Waals surface area contributed by atoms with Crippen LogP contribution in [0, 0.1) is 6.92 Å². The number of hydrogen-bond donors (Lipinski definition) is 2. The van der Waals surface area contributed by atoms with Gasteiger partial charge in [0.25, 0.3) is 0 Å². The summed E-state index contributed by atoms with van der Waals surface area (Å²) in [6.07, 6.45) is 2.65. The maximum Gasteiger partial charge on any atom is 0.322 e. The SMILES string of the molecule is CCCC1SCC(C(=O)O)N1S(=O)(=O)c1cn[nH]c1C. The molecule has 1 aliphatic heterocycles. The molecule has 2 atom stereocenters. The third-order valence-electron chi connectivity index (χ3n) is 3.20. The van der Waals surface area contributed by atoms with Crippen LogP contribution in [0.25, 0.3) is 0 Å². The number of rotatable bonds is 5. The van der Waals surface area contributed by atoms with E-state index in [1.54, 1.807) is 6.92 Å². The lowest BCUT2D eigenvalue weighted by molar-refractivity contribution is -0.140. The van der Waals surface area contributed by atoms with E-state index in [4.69, 9.17) is 0 Å². The molecule has 1 aromatic heterocycles. The minimum Gasteiger partial charge on any atom is -0.480 e. The van der Waals surface area contributed by atoms with Crippen molar-refractivity contribution in [2.75, 3.05) is 5.75 Å². The fraction of sp³-hybridized carbons (Fsp3) is 0.636. The number of aromatic nitrogens is 2. The molecule has 1 saturated heterocycles. The van der Waals surface area contributed by atoms with Crippen LogP contribution in [0.1, 0.15) is 25.5 Å². The number of aromatic amines is 1. The molecular formula is C11H17N3O4S2. The third-order valence-corrected chi connectivity index (χ3v) is 6.72. The topological polar surface area (TPSA) is 103 Å². The van der Waals surface area contributed by atoms with Gasteiger partial charge in [-0.05, 0) is 13.3 Å². The molecule has 0 aromatic carbocycles.